The molecule has 0 amide bonds. The second-order valence-electron chi connectivity index (χ2n) is 5.69. The summed E-state index contributed by atoms with van der Waals surface area (Å²) < 4.78 is 5.78. The molecule has 0 saturated carbocycles. The van der Waals surface area contributed by atoms with Crippen LogP contribution in [0.3, 0.4) is 0 Å². The average Bonchev–Trinajstić information content (AvgIpc) is 2.44. The Morgan fingerprint density at radius 1 is 1.05 bits per heavy atom. The molecule has 0 spiro atoms. The van der Waals surface area contributed by atoms with E-state index >= 15 is 0 Å². The van der Waals surface area contributed by atoms with Gasteiger partial charge in [0.15, 0.2) is 0 Å². The highest BCUT2D eigenvalue weighted by Gasteiger charge is 2.01. The largest absolute Gasteiger partial charge is 0.494 e. The van der Waals surface area contributed by atoms with Crippen molar-refractivity contribution in [2.75, 3.05) is 11.9 Å². The minimum Gasteiger partial charge on any atom is -0.494 e. The minimum atomic E-state index is 0.626. The Morgan fingerprint density at radius 3 is 2.45 bits per heavy atom. The topological polar surface area (TPSA) is 21.3 Å². The van der Waals surface area contributed by atoms with Crippen molar-refractivity contribution in [3.05, 3.63) is 58.1 Å². The predicted molar refractivity (Wildman–Crippen MR) is 95.2 cm³/mol. The first kappa shape index (κ1) is 17.0. The van der Waals surface area contributed by atoms with Gasteiger partial charge < -0.3 is 10.1 Å². The summed E-state index contributed by atoms with van der Waals surface area (Å²) in [5.41, 5.74) is 2.06. The number of hydrogen-bond donors (Lipinski definition) is 1. The van der Waals surface area contributed by atoms with Gasteiger partial charge in [-0.05, 0) is 48.2 Å². The molecule has 0 aliphatic rings. The Kier molecular flexibility index (Phi) is 6.41. The smallest absolute Gasteiger partial charge is 0.119 e. The number of benzene rings is 2. The molecule has 0 radical (unpaired) electrons. The highest BCUT2D eigenvalue weighted by atomic mass is 35.5. The molecule has 2 aromatic carbocycles. The highest BCUT2D eigenvalue weighted by molar-refractivity contribution is 6.35. The Balaban J connectivity index is 1.92. The van der Waals surface area contributed by atoms with Crippen molar-refractivity contribution in [3.63, 3.8) is 0 Å². The Hall–Kier alpha value is -1.38. The number of nitrogens with one attached hydrogen (secondary N) is 1. The molecule has 0 aromatic heterocycles. The molecule has 0 bridgehead atoms. The lowest BCUT2D eigenvalue weighted by Crippen LogP contribution is -2.03. The van der Waals surface area contributed by atoms with Crippen molar-refractivity contribution >= 4 is 28.9 Å². The molecule has 0 unspecified atom stereocenters. The third-order valence-electron chi connectivity index (χ3n) is 3.22. The molecule has 0 aliphatic carbocycles. The first-order valence-corrected chi connectivity index (χ1v) is 8.20. The molecule has 4 heteroatoms. The fourth-order valence-corrected chi connectivity index (χ4v) is 2.54. The zero-order chi connectivity index (χ0) is 15.9. The van der Waals surface area contributed by atoms with Crippen LogP contribution in [0.15, 0.2) is 42.5 Å². The summed E-state index contributed by atoms with van der Waals surface area (Å²) in [6, 6.07) is 13.5. The van der Waals surface area contributed by atoms with Gasteiger partial charge in [-0.15, -0.1) is 0 Å². The molecule has 0 heterocycles. The summed E-state index contributed by atoms with van der Waals surface area (Å²) in [5, 5.41) is 4.57. The summed E-state index contributed by atoms with van der Waals surface area (Å²) in [6.45, 7) is 5.83. The van der Waals surface area contributed by atoms with Crippen LogP contribution in [0.25, 0.3) is 0 Å². The molecular formula is C18H21Cl2NO. The van der Waals surface area contributed by atoms with E-state index in [1.54, 1.807) is 6.07 Å². The molecule has 0 saturated heterocycles. The van der Waals surface area contributed by atoms with Gasteiger partial charge in [-0.2, -0.15) is 0 Å². The van der Waals surface area contributed by atoms with Crippen LogP contribution in [0.5, 0.6) is 5.75 Å². The van der Waals surface area contributed by atoms with E-state index < -0.39 is 0 Å². The van der Waals surface area contributed by atoms with Crippen molar-refractivity contribution in [1.29, 1.82) is 0 Å². The normalized spacial score (nSPS) is 10.8. The molecule has 0 atom stereocenters. The average molecular weight is 338 g/mol. The third kappa shape index (κ3) is 5.78. The molecular weight excluding hydrogens is 317 g/mol. The summed E-state index contributed by atoms with van der Waals surface area (Å²) >= 11 is 12.0. The van der Waals surface area contributed by atoms with Gasteiger partial charge in [-0.3, -0.25) is 0 Å². The molecule has 2 nitrogen and oxygen atoms in total. The van der Waals surface area contributed by atoms with E-state index in [1.807, 2.05) is 24.3 Å². The fraction of sp³-hybridized carbons (Fsp3) is 0.333. The van der Waals surface area contributed by atoms with E-state index in [9.17, 15) is 0 Å². The standard InChI is InChI=1S/C18H21Cl2NO/c1-13(2)6-7-22-18-5-3-4-14(8-18)12-21-17-10-15(19)9-16(20)11-17/h3-5,8-11,13,21H,6-7,12H2,1-2H3. The van der Waals surface area contributed by atoms with Crippen molar-refractivity contribution in [2.45, 2.75) is 26.8 Å². The maximum atomic E-state index is 6.00. The fourth-order valence-electron chi connectivity index (χ4n) is 2.02. The van der Waals surface area contributed by atoms with E-state index in [2.05, 4.69) is 31.3 Å². The van der Waals surface area contributed by atoms with Gasteiger partial charge in [0, 0.05) is 22.3 Å². The minimum absolute atomic E-state index is 0.626. The van der Waals surface area contributed by atoms with Crippen molar-refractivity contribution < 1.29 is 4.74 Å². The van der Waals surface area contributed by atoms with Crippen LogP contribution in [0.2, 0.25) is 10.0 Å². The van der Waals surface area contributed by atoms with Crippen LogP contribution >= 0.6 is 23.2 Å². The first-order valence-electron chi connectivity index (χ1n) is 7.44. The van der Waals surface area contributed by atoms with E-state index in [0.717, 1.165) is 30.0 Å². The Bertz CT molecular complexity index is 594. The van der Waals surface area contributed by atoms with Crippen LogP contribution in [0.1, 0.15) is 25.8 Å². The summed E-state index contributed by atoms with van der Waals surface area (Å²) in [7, 11) is 0. The number of ether oxygens (including phenoxy) is 1. The number of rotatable bonds is 7. The van der Waals surface area contributed by atoms with Gasteiger partial charge in [-0.1, -0.05) is 49.2 Å². The maximum absolute atomic E-state index is 6.00. The lowest BCUT2D eigenvalue weighted by Gasteiger charge is -2.11. The quantitative estimate of drug-likeness (QED) is 0.665. The summed E-state index contributed by atoms with van der Waals surface area (Å²) in [4.78, 5) is 0. The Labute approximate surface area is 142 Å². The summed E-state index contributed by atoms with van der Waals surface area (Å²) in [5.74, 6) is 1.56. The van der Waals surface area contributed by atoms with Gasteiger partial charge in [0.05, 0.1) is 6.61 Å². The highest BCUT2D eigenvalue weighted by Crippen LogP contribution is 2.23. The van der Waals surface area contributed by atoms with Crippen molar-refractivity contribution in [3.8, 4) is 5.75 Å². The molecule has 22 heavy (non-hydrogen) atoms. The molecule has 0 aliphatic heterocycles. The van der Waals surface area contributed by atoms with Gasteiger partial charge in [0.1, 0.15) is 5.75 Å². The van der Waals surface area contributed by atoms with Gasteiger partial charge in [0.25, 0.3) is 0 Å². The van der Waals surface area contributed by atoms with Gasteiger partial charge in [0.2, 0.25) is 0 Å². The predicted octanol–water partition coefficient (Wildman–Crippen LogP) is 6.03. The molecule has 2 aromatic rings. The summed E-state index contributed by atoms with van der Waals surface area (Å²) in [6.07, 6.45) is 1.06. The van der Waals surface area contributed by atoms with Crippen LogP contribution in [-0.4, -0.2) is 6.61 Å². The van der Waals surface area contributed by atoms with Crippen LogP contribution in [0.4, 0.5) is 5.69 Å². The van der Waals surface area contributed by atoms with E-state index in [1.165, 1.54) is 0 Å². The lowest BCUT2D eigenvalue weighted by atomic mass is 10.1. The van der Waals surface area contributed by atoms with E-state index in [4.69, 9.17) is 27.9 Å². The second kappa shape index (κ2) is 8.30. The molecule has 0 fully saturated rings. The SMILES string of the molecule is CC(C)CCOc1cccc(CNc2cc(Cl)cc(Cl)c2)c1. The monoisotopic (exact) mass is 337 g/mol. The zero-order valence-electron chi connectivity index (χ0n) is 12.9. The van der Waals surface area contributed by atoms with Crippen molar-refractivity contribution in [1.82, 2.24) is 0 Å². The van der Waals surface area contributed by atoms with Crippen molar-refractivity contribution in [2.24, 2.45) is 5.92 Å². The van der Waals surface area contributed by atoms with E-state index in [-0.39, 0.29) is 0 Å². The third-order valence-corrected chi connectivity index (χ3v) is 3.66. The maximum Gasteiger partial charge on any atom is 0.119 e. The number of halogens is 2. The number of anilines is 1. The van der Waals surface area contributed by atoms with Gasteiger partial charge in [-0.25, -0.2) is 0 Å². The second-order valence-corrected chi connectivity index (χ2v) is 6.56. The van der Waals surface area contributed by atoms with Crippen LogP contribution in [-0.2, 0) is 6.54 Å². The Morgan fingerprint density at radius 2 is 1.77 bits per heavy atom. The molecule has 118 valence electrons. The molecule has 2 rings (SSSR count). The lowest BCUT2D eigenvalue weighted by molar-refractivity contribution is 0.289. The zero-order valence-corrected chi connectivity index (χ0v) is 14.4. The number of hydrogen-bond acceptors (Lipinski definition) is 2. The first-order chi connectivity index (χ1) is 10.5. The van der Waals surface area contributed by atoms with Crippen LogP contribution < -0.4 is 10.1 Å². The molecule has 1 N–H and O–H groups in total. The van der Waals surface area contributed by atoms with Gasteiger partial charge >= 0.3 is 0 Å². The van der Waals surface area contributed by atoms with Crippen LogP contribution in [0, 0.1) is 5.92 Å². The van der Waals surface area contributed by atoms with E-state index in [0.29, 0.717) is 22.5 Å².